The molecule has 0 aromatic carbocycles. The molecule has 5 nitrogen and oxygen atoms in total. The van der Waals surface area contributed by atoms with Gasteiger partial charge >= 0.3 is 0 Å². The van der Waals surface area contributed by atoms with Crippen LogP contribution in [0.1, 0.15) is 83.5 Å². The van der Waals surface area contributed by atoms with E-state index in [2.05, 4.69) is 10.6 Å². The van der Waals surface area contributed by atoms with Gasteiger partial charge in [0, 0.05) is 24.4 Å². The van der Waals surface area contributed by atoms with Gasteiger partial charge in [0.15, 0.2) is 0 Å². The van der Waals surface area contributed by atoms with E-state index in [-0.39, 0.29) is 42.2 Å². The number of hydrogen-bond acceptors (Lipinski definition) is 3. The highest BCUT2D eigenvalue weighted by Crippen LogP contribution is 2.29. The van der Waals surface area contributed by atoms with Crippen LogP contribution in [0.5, 0.6) is 0 Å². The van der Waals surface area contributed by atoms with Crippen molar-refractivity contribution in [2.75, 3.05) is 6.54 Å². The van der Waals surface area contributed by atoms with Crippen molar-refractivity contribution in [3.05, 3.63) is 0 Å². The minimum atomic E-state index is 0. The molecule has 2 unspecified atom stereocenters. The van der Waals surface area contributed by atoms with Crippen molar-refractivity contribution in [1.82, 2.24) is 10.6 Å². The molecule has 0 saturated heterocycles. The van der Waals surface area contributed by atoms with E-state index in [1.165, 1.54) is 38.5 Å². The lowest BCUT2D eigenvalue weighted by Crippen LogP contribution is -2.45. The van der Waals surface area contributed by atoms with Gasteiger partial charge in [0.2, 0.25) is 11.8 Å². The molecule has 0 spiro atoms. The zero-order chi connectivity index (χ0) is 18.4. The van der Waals surface area contributed by atoms with Crippen molar-refractivity contribution in [2.24, 2.45) is 23.5 Å². The lowest BCUT2D eigenvalue weighted by Gasteiger charge is -2.30. The van der Waals surface area contributed by atoms with Crippen LogP contribution in [0, 0.1) is 17.8 Å². The number of hydrogen-bond donors (Lipinski definition) is 3. The first-order chi connectivity index (χ1) is 12.7. The van der Waals surface area contributed by atoms with Crippen LogP contribution in [0.4, 0.5) is 0 Å². The number of nitrogens with one attached hydrogen (secondary N) is 2. The van der Waals surface area contributed by atoms with E-state index < -0.39 is 0 Å². The Hall–Kier alpha value is -0.810. The zero-order valence-electron chi connectivity index (χ0n) is 16.6. The SMILES string of the molecule is Cl.NCC1CCCC1NC(=O)C1CCC(NC(=O)CC2CCCCC2)CC1. The van der Waals surface area contributed by atoms with E-state index in [0.717, 1.165) is 38.5 Å². The molecule has 3 aliphatic rings. The molecule has 6 heteroatoms. The highest BCUT2D eigenvalue weighted by Gasteiger charge is 2.32. The van der Waals surface area contributed by atoms with Gasteiger partial charge in [0.25, 0.3) is 0 Å². The Labute approximate surface area is 170 Å². The Morgan fingerprint density at radius 3 is 2.19 bits per heavy atom. The number of carbonyl (C=O) groups excluding carboxylic acids is 2. The maximum atomic E-state index is 12.6. The summed E-state index contributed by atoms with van der Waals surface area (Å²) in [5.41, 5.74) is 5.82. The van der Waals surface area contributed by atoms with E-state index in [4.69, 9.17) is 5.73 Å². The van der Waals surface area contributed by atoms with Crippen LogP contribution in [0.3, 0.4) is 0 Å². The van der Waals surface area contributed by atoms with Crippen molar-refractivity contribution in [3.63, 3.8) is 0 Å². The summed E-state index contributed by atoms with van der Waals surface area (Å²) in [4.78, 5) is 24.9. The Morgan fingerprint density at radius 2 is 1.52 bits per heavy atom. The molecule has 3 aliphatic carbocycles. The van der Waals surface area contributed by atoms with Gasteiger partial charge in [-0.15, -0.1) is 12.4 Å². The quantitative estimate of drug-likeness (QED) is 0.640. The number of nitrogens with two attached hydrogens (primary N) is 1. The monoisotopic (exact) mass is 399 g/mol. The zero-order valence-corrected chi connectivity index (χ0v) is 17.4. The Morgan fingerprint density at radius 1 is 0.815 bits per heavy atom. The molecule has 3 saturated carbocycles. The second kappa shape index (κ2) is 11.3. The lowest BCUT2D eigenvalue weighted by atomic mass is 9.84. The van der Waals surface area contributed by atoms with Crippen molar-refractivity contribution in [2.45, 2.75) is 95.6 Å². The van der Waals surface area contributed by atoms with Crippen molar-refractivity contribution < 1.29 is 9.59 Å². The van der Waals surface area contributed by atoms with Gasteiger partial charge < -0.3 is 16.4 Å². The fourth-order valence-corrected chi connectivity index (χ4v) is 5.25. The molecule has 0 aromatic heterocycles. The molecule has 156 valence electrons. The van der Waals surface area contributed by atoms with Crippen LogP contribution in [0.15, 0.2) is 0 Å². The second-order valence-corrected chi connectivity index (χ2v) is 8.87. The average Bonchev–Trinajstić information content (AvgIpc) is 3.10. The van der Waals surface area contributed by atoms with Gasteiger partial charge in [-0.05, 0) is 69.7 Å². The van der Waals surface area contributed by atoms with Crippen LogP contribution in [0.25, 0.3) is 0 Å². The molecule has 4 N–H and O–H groups in total. The minimum Gasteiger partial charge on any atom is -0.353 e. The summed E-state index contributed by atoms with van der Waals surface area (Å²) < 4.78 is 0. The maximum Gasteiger partial charge on any atom is 0.223 e. The summed E-state index contributed by atoms with van der Waals surface area (Å²) in [6, 6.07) is 0.541. The second-order valence-electron chi connectivity index (χ2n) is 8.87. The van der Waals surface area contributed by atoms with Crippen LogP contribution >= 0.6 is 12.4 Å². The van der Waals surface area contributed by atoms with E-state index in [0.29, 0.717) is 24.8 Å². The van der Waals surface area contributed by atoms with E-state index >= 15 is 0 Å². The average molecular weight is 400 g/mol. The van der Waals surface area contributed by atoms with Crippen LogP contribution in [0.2, 0.25) is 0 Å². The summed E-state index contributed by atoms with van der Waals surface area (Å²) in [6.07, 6.45) is 14.0. The molecule has 27 heavy (non-hydrogen) atoms. The van der Waals surface area contributed by atoms with Crippen LogP contribution < -0.4 is 16.4 Å². The minimum absolute atomic E-state index is 0. The normalized spacial score (nSPS) is 31.7. The fourth-order valence-electron chi connectivity index (χ4n) is 5.25. The van der Waals surface area contributed by atoms with Crippen molar-refractivity contribution in [1.29, 1.82) is 0 Å². The Balaban J connectivity index is 0.00000261. The molecule has 0 radical (unpaired) electrons. The first-order valence-electron chi connectivity index (χ1n) is 11.0. The topological polar surface area (TPSA) is 84.2 Å². The predicted molar refractivity (Wildman–Crippen MR) is 111 cm³/mol. The molecular weight excluding hydrogens is 362 g/mol. The molecule has 0 aliphatic heterocycles. The Bertz CT molecular complexity index is 474. The number of amides is 2. The molecule has 2 atom stereocenters. The largest absolute Gasteiger partial charge is 0.353 e. The van der Waals surface area contributed by atoms with Crippen molar-refractivity contribution in [3.8, 4) is 0 Å². The molecule has 2 amide bonds. The smallest absolute Gasteiger partial charge is 0.223 e. The predicted octanol–water partition coefficient (Wildman–Crippen LogP) is 3.30. The first-order valence-corrected chi connectivity index (χ1v) is 11.0. The van der Waals surface area contributed by atoms with Crippen molar-refractivity contribution >= 4 is 24.2 Å². The molecule has 0 heterocycles. The number of rotatable bonds is 6. The molecular formula is C21H38ClN3O2. The van der Waals surface area contributed by atoms with Crippen LogP contribution in [-0.4, -0.2) is 30.4 Å². The summed E-state index contributed by atoms with van der Waals surface area (Å²) in [7, 11) is 0. The van der Waals surface area contributed by atoms with E-state index in [9.17, 15) is 9.59 Å². The fraction of sp³-hybridized carbons (Fsp3) is 0.905. The third-order valence-corrected chi connectivity index (χ3v) is 6.95. The van der Waals surface area contributed by atoms with Gasteiger partial charge in [-0.3, -0.25) is 9.59 Å². The molecule has 3 fully saturated rings. The maximum absolute atomic E-state index is 12.6. The summed E-state index contributed by atoms with van der Waals surface area (Å²) >= 11 is 0. The summed E-state index contributed by atoms with van der Waals surface area (Å²) in [5, 5.41) is 6.48. The van der Waals surface area contributed by atoms with Gasteiger partial charge in [-0.1, -0.05) is 25.7 Å². The van der Waals surface area contributed by atoms with Gasteiger partial charge in [0.05, 0.1) is 0 Å². The van der Waals surface area contributed by atoms with Gasteiger partial charge in [0.1, 0.15) is 0 Å². The summed E-state index contributed by atoms with van der Waals surface area (Å²) in [6.45, 7) is 0.671. The van der Waals surface area contributed by atoms with E-state index in [1.807, 2.05) is 0 Å². The van der Waals surface area contributed by atoms with Gasteiger partial charge in [-0.25, -0.2) is 0 Å². The summed E-state index contributed by atoms with van der Waals surface area (Å²) in [5.74, 6) is 1.59. The first kappa shape index (κ1) is 22.5. The highest BCUT2D eigenvalue weighted by molar-refractivity contribution is 5.85. The number of carbonyl (C=O) groups is 2. The molecule has 0 bridgehead atoms. The third-order valence-electron chi connectivity index (χ3n) is 6.95. The molecule has 3 rings (SSSR count). The number of halogens is 1. The highest BCUT2D eigenvalue weighted by atomic mass is 35.5. The van der Waals surface area contributed by atoms with Gasteiger partial charge in [-0.2, -0.15) is 0 Å². The lowest BCUT2D eigenvalue weighted by molar-refractivity contribution is -0.127. The van der Waals surface area contributed by atoms with E-state index in [1.54, 1.807) is 0 Å². The standard InChI is InChI=1S/C21H37N3O2.ClH/c22-14-17-7-4-8-19(17)24-21(26)16-9-11-18(12-10-16)23-20(25)13-15-5-2-1-3-6-15;/h15-19H,1-14,22H2,(H,23,25)(H,24,26);1H. The third kappa shape index (κ3) is 6.63. The van der Waals surface area contributed by atoms with Crippen LogP contribution in [-0.2, 0) is 9.59 Å². The molecule has 0 aromatic rings. The Kier molecular flexibility index (Phi) is 9.37.